The van der Waals surface area contributed by atoms with Gasteiger partial charge in [0, 0.05) is 38.4 Å². The summed E-state index contributed by atoms with van der Waals surface area (Å²) >= 11 is 0. The molecule has 1 unspecified atom stereocenters. The average Bonchev–Trinajstić information content (AvgIpc) is 2.76. The lowest BCUT2D eigenvalue weighted by Gasteiger charge is -2.24. The molecule has 0 radical (unpaired) electrons. The molecule has 0 aliphatic heterocycles. The third-order valence-corrected chi connectivity index (χ3v) is 3.34. The number of alkyl carbamates (subject to hydrolysis) is 1. The van der Waals surface area contributed by atoms with Crippen molar-refractivity contribution < 1.29 is 9.53 Å². The molecule has 1 aromatic rings. The van der Waals surface area contributed by atoms with Crippen LogP contribution in [0.15, 0.2) is 12.4 Å². The van der Waals surface area contributed by atoms with Gasteiger partial charge in [-0.15, -0.1) is 0 Å². The van der Waals surface area contributed by atoms with Gasteiger partial charge in [-0.2, -0.15) is 5.10 Å². The van der Waals surface area contributed by atoms with E-state index in [4.69, 9.17) is 4.74 Å². The van der Waals surface area contributed by atoms with Gasteiger partial charge in [-0.05, 0) is 32.6 Å². The first-order chi connectivity index (χ1) is 10.2. The van der Waals surface area contributed by atoms with Crippen molar-refractivity contribution in [2.24, 2.45) is 18.9 Å². The van der Waals surface area contributed by atoms with Crippen molar-refractivity contribution in [2.45, 2.75) is 46.8 Å². The van der Waals surface area contributed by atoms with Crippen molar-refractivity contribution in [1.29, 1.82) is 0 Å². The van der Waals surface area contributed by atoms with E-state index in [1.54, 1.807) is 4.68 Å². The lowest BCUT2D eigenvalue weighted by Crippen LogP contribution is -2.39. The summed E-state index contributed by atoms with van der Waals surface area (Å²) in [4.78, 5) is 11.7. The molecule has 0 saturated carbocycles. The summed E-state index contributed by atoms with van der Waals surface area (Å²) in [5, 5.41) is 10.4. The Morgan fingerprint density at radius 1 is 1.36 bits per heavy atom. The van der Waals surface area contributed by atoms with Crippen LogP contribution in [0.25, 0.3) is 0 Å². The fourth-order valence-corrected chi connectivity index (χ4v) is 2.04. The molecule has 22 heavy (non-hydrogen) atoms. The molecule has 1 rings (SSSR count). The minimum Gasteiger partial charge on any atom is -0.444 e. The Kier molecular flexibility index (Phi) is 6.87. The van der Waals surface area contributed by atoms with Gasteiger partial charge in [0.1, 0.15) is 5.60 Å². The van der Waals surface area contributed by atoms with Crippen LogP contribution >= 0.6 is 0 Å². The maximum atomic E-state index is 11.7. The second-order valence-electron chi connectivity index (χ2n) is 7.04. The molecule has 0 saturated heterocycles. The molecular formula is C16H30N4O2. The van der Waals surface area contributed by atoms with Gasteiger partial charge in [-0.25, -0.2) is 4.79 Å². The summed E-state index contributed by atoms with van der Waals surface area (Å²) in [5.74, 6) is 0.820. The molecule has 0 aliphatic rings. The standard InChI is InChI=1S/C16H30N4O2/c1-12(2)14(10-18-15(21)22-16(3,4)5)9-17-7-13-8-19-20(6)11-13/h8,11-12,14,17H,7,9-10H2,1-6H3,(H,18,21). The smallest absolute Gasteiger partial charge is 0.407 e. The summed E-state index contributed by atoms with van der Waals surface area (Å²) in [6, 6.07) is 0. The third-order valence-electron chi connectivity index (χ3n) is 3.34. The van der Waals surface area contributed by atoms with Gasteiger partial charge in [-0.3, -0.25) is 4.68 Å². The van der Waals surface area contributed by atoms with Crippen LogP contribution in [-0.2, 0) is 18.3 Å². The number of aromatic nitrogens is 2. The van der Waals surface area contributed by atoms with Crippen molar-refractivity contribution >= 4 is 6.09 Å². The molecule has 0 fully saturated rings. The van der Waals surface area contributed by atoms with E-state index in [1.807, 2.05) is 40.2 Å². The first-order valence-corrected chi connectivity index (χ1v) is 7.82. The van der Waals surface area contributed by atoms with Crippen LogP contribution in [-0.4, -0.2) is 34.6 Å². The second kappa shape index (κ2) is 8.17. The van der Waals surface area contributed by atoms with Gasteiger partial charge in [0.05, 0.1) is 6.20 Å². The van der Waals surface area contributed by atoms with E-state index >= 15 is 0 Å². The Labute approximate surface area is 133 Å². The number of carbonyl (C=O) groups excluding carboxylic acids is 1. The summed E-state index contributed by atoms with van der Waals surface area (Å²) in [7, 11) is 1.91. The molecule has 126 valence electrons. The van der Waals surface area contributed by atoms with Gasteiger partial charge < -0.3 is 15.4 Å². The minimum absolute atomic E-state index is 0.351. The van der Waals surface area contributed by atoms with Crippen molar-refractivity contribution in [3.63, 3.8) is 0 Å². The highest BCUT2D eigenvalue weighted by molar-refractivity contribution is 5.67. The van der Waals surface area contributed by atoms with E-state index < -0.39 is 5.60 Å². The Bertz CT molecular complexity index is 463. The molecule has 0 bridgehead atoms. The molecule has 0 aromatic carbocycles. The van der Waals surface area contributed by atoms with E-state index in [0.717, 1.165) is 18.7 Å². The zero-order valence-corrected chi connectivity index (χ0v) is 14.6. The zero-order valence-electron chi connectivity index (χ0n) is 14.6. The first kappa shape index (κ1) is 18.5. The van der Waals surface area contributed by atoms with E-state index in [1.165, 1.54) is 0 Å². The molecule has 2 N–H and O–H groups in total. The number of ether oxygens (including phenoxy) is 1. The highest BCUT2D eigenvalue weighted by Crippen LogP contribution is 2.10. The summed E-state index contributed by atoms with van der Waals surface area (Å²) in [5.41, 5.74) is 0.695. The van der Waals surface area contributed by atoms with Gasteiger partial charge in [0.2, 0.25) is 0 Å². The number of aryl methyl sites for hydroxylation is 1. The molecule has 6 nitrogen and oxygen atoms in total. The predicted molar refractivity (Wildman–Crippen MR) is 87.5 cm³/mol. The summed E-state index contributed by atoms with van der Waals surface area (Å²) in [6.45, 7) is 12.1. The molecule has 0 aliphatic carbocycles. The van der Waals surface area contributed by atoms with Crippen molar-refractivity contribution in [1.82, 2.24) is 20.4 Å². The molecular weight excluding hydrogens is 280 g/mol. The minimum atomic E-state index is -0.462. The van der Waals surface area contributed by atoms with Crippen LogP contribution in [0, 0.1) is 11.8 Å². The van der Waals surface area contributed by atoms with Gasteiger partial charge in [-0.1, -0.05) is 13.8 Å². The number of nitrogens with zero attached hydrogens (tertiary/aromatic N) is 2. The molecule has 1 aromatic heterocycles. The predicted octanol–water partition coefficient (Wildman–Crippen LogP) is 2.31. The Balaban J connectivity index is 2.34. The third kappa shape index (κ3) is 7.45. The Morgan fingerprint density at radius 3 is 2.55 bits per heavy atom. The van der Waals surface area contributed by atoms with E-state index in [0.29, 0.717) is 18.4 Å². The van der Waals surface area contributed by atoms with Gasteiger partial charge in [0.15, 0.2) is 0 Å². The number of nitrogens with one attached hydrogen (secondary N) is 2. The van der Waals surface area contributed by atoms with E-state index in [2.05, 4.69) is 29.6 Å². The topological polar surface area (TPSA) is 68.2 Å². The fourth-order valence-electron chi connectivity index (χ4n) is 2.04. The monoisotopic (exact) mass is 310 g/mol. The molecule has 6 heteroatoms. The fraction of sp³-hybridized carbons (Fsp3) is 0.750. The molecule has 1 amide bonds. The average molecular weight is 310 g/mol. The summed E-state index contributed by atoms with van der Waals surface area (Å²) < 4.78 is 7.06. The SMILES string of the molecule is CC(C)C(CNCc1cnn(C)c1)CNC(=O)OC(C)(C)C. The van der Waals surface area contributed by atoms with E-state index in [9.17, 15) is 4.79 Å². The number of hydrogen-bond acceptors (Lipinski definition) is 4. The maximum Gasteiger partial charge on any atom is 0.407 e. The highest BCUT2D eigenvalue weighted by atomic mass is 16.6. The van der Waals surface area contributed by atoms with Crippen LogP contribution in [0.4, 0.5) is 4.79 Å². The molecule has 1 heterocycles. The Hall–Kier alpha value is -1.56. The second-order valence-corrected chi connectivity index (χ2v) is 7.04. The highest BCUT2D eigenvalue weighted by Gasteiger charge is 2.19. The molecule has 1 atom stereocenters. The van der Waals surface area contributed by atoms with Gasteiger partial charge in [0.25, 0.3) is 0 Å². The number of hydrogen-bond donors (Lipinski definition) is 2. The molecule has 0 spiro atoms. The van der Waals surface area contributed by atoms with E-state index in [-0.39, 0.29) is 6.09 Å². The number of amides is 1. The van der Waals surface area contributed by atoms with Crippen LogP contribution in [0.3, 0.4) is 0 Å². The van der Waals surface area contributed by atoms with Crippen LogP contribution in [0.5, 0.6) is 0 Å². The first-order valence-electron chi connectivity index (χ1n) is 7.82. The van der Waals surface area contributed by atoms with Gasteiger partial charge >= 0.3 is 6.09 Å². The van der Waals surface area contributed by atoms with Crippen molar-refractivity contribution in [3.8, 4) is 0 Å². The lowest BCUT2D eigenvalue weighted by molar-refractivity contribution is 0.0515. The van der Waals surface area contributed by atoms with Crippen molar-refractivity contribution in [3.05, 3.63) is 18.0 Å². The lowest BCUT2D eigenvalue weighted by atomic mass is 9.96. The number of carbonyl (C=O) groups is 1. The van der Waals surface area contributed by atoms with Crippen LogP contribution in [0.1, 0.15) is 40.2 Å². The zero-order chi connectivity index (χ0) is 16.8. The van der Waals surface area contributed by atoms with Crippen molar-refractivity contribution in [2.75, 3.05) is 13.1 Å². The Morgan fingerprint density at radius 2 is 2.05 bits per heavy atom. The normalized spacial score (nSPS) is 13.2. The van der Waals surface area contributed by atoms with Crippen LogP contribution < -0.4 is 10.6 Å². The number of rotatable bonds is 7. The maximum absolute atomic E-state index is 11.7. The van der Waals surface area contributed by atoms with Crippen LogP contribution in [0.2, 0.25) is 0 Å². The summed E-state index contributed by atoms with van der Waals surface area (Å²) in [6.07, 6.45) is 3.50. The largest absolute Gasteiger partial charge is 0.444 e. The quantitative estimate of drug-likeness (QED) is 0.811.